The van der Waals surface area contributed by atoms with Crippen LogP contribution in [0.4, 0.5) is 0 Å². The number of carbonyl (C=O) groups excluding carboxylic acids is 1. The van der Waals surface area contributed by atoms with Crippen LogP contribution >= 0.6 is 11.3 Å². The van der Waals surface area contributed by atoms with E-state index in [-0.39, 0.29) is 5.91 Å². The molecule has 1 saturated heterocycles. The first kappa shape index (κ1) is 9.64. The van der Waals surface area contributed by atoms with E-state index in [0.717, 1.165) is 31.1 Å². The summed E-state index contributed by atoms with van der Waals surface area (Å²) >= 11 is 1.49. The van der Waals surface area contributed by atoms with Crippen molar-refractivity contribution in [3.05, 3.63) is 22.4 Å². The van der Waals surface area contributed by atoms with Gasteiger partial charge in [0.25, 0.3) is 5.91 Å². The molecule has 76 valence electrons. The fourth-order valence-corrected chi connectivity index (χ4v) is 2.17. The Morgan fingerprint density at radius 3 is 2.64 bits per heavy atom. The number of thiophene rings is 1. The molecule has 0 aromatic carbocycles. The van der Waals surface area contributed by atoms with Gasteiger partial charge in [-0.05, 0) is 11.4 Å². The van der Waals surface area contributed by atoms with Crippen LogP contribution in [0.1, 0.15) is 9.67 Å². The van der Waals surface area contributed by atoms with Crippen molar-refractivity contribution in [2.24, 2.45) is 5.84 Å². The molecular formula is C9H13N3OS. The quantitative estimate of drug-likeness (QED) is 0.683. The fraction of sp³-hybridized carbons (Fsp3) is 0.444. The van der Waals surface area contributed by atoms with Gasteiger partial charge in [-0.25, -0.2) is 5.01 Å². The maximum atomic E-state index is 11.8. The summed E-state index contributed by atoms with van der Waals surface area (Å²) in [7, 11) is 0. The summed E-state index contributed by atoms with van der Waals surface area (Å²) in [5, 5.41) is 3.67. The van der Waals surface area contributed by atoms with E-state index in [2.05, 4.69) is 0 Å². The van der Waals surface area contributed by atoms with Crippen LogP contribution in [0.3, 0.4) is 0 Å². The summed E-state index contributed by atoms with van der Waals surface area (Å²) in [5.41, 5.74) is 0. The van der Waals surface area contributed by atoms with Gasteiger partial charge < -0.3 is 4.90 Å². The molecule has 2 heterocycles. The maximum Gasteiger partial charge on any atom is 0.264 e. The topological polar surface area (TPSA) is 49.6 Å². The number of rotatable bonds is 1. The molecule has 1 amide bonds. The van der Waals surface area contributed by atoms with Gasteiger partial charge in [0.2, 0.25) is 0 Å². The number of hydrogen-bond acceptors (Lipinski definition) is 4. The molecule has 1 aliphatic heterocycles. The molecule has 4 nitrogen and oxygen atoms in total. The van der Waals surface area contributed by atoms with Crippen LogP contribution in [-0.2, 0) is 0 Å². The predicted molar refractivity (Wildman–Crippen MR) is 56.0 cm³/mol. The van der Waals surface area contributed by atoms with Crippen molar-refractivity contribution in [3.8, 4) is 0 Å². The number of nitrogens with zero attached hydrogens (tertiary/aromatic N) is 2. The molecule has 2 N–H and O–H groups in total. The van der Waals surface area contributed by atoms with E-state index in [1.165, 1.54) is 11.3 Å². The molecule has 1 aromatic rings. The third-order valence-electron chi connectivity index (χ3n) is 2.33. The van der Waals surface area contributed by atoms with Crippen LogP contribution in [0.5, 0.6) is 0 Å². The Hall–Kier alpha value is -0.910. The highest BCUT2D eigenvalue weighted by Crippen LogP contribution is 2.12. The van der Waals surface area contributed by atoms with Crippen molar-refractivity contribution in [3.63, 3.8) is 0 Å². The fourth-order valence-electron chi connectivity index (χ4n) is 1.48. The van der Waals surface area contributed by atoms with E-state index in [0.29, 0.717) is 0 Å². The number of hydrazine groups is 1. The lowest BCUT2D eigenvalue weighted by atomic mass is 10.3. The third kappa shape index (κ3) is 1.95. The SMILES string of the molecule is NN1CCN(C(=O)c2cccs2)CC1. The van der Waals surface area contributed by atoms with Crippen molar-refractivity contribution in [2.45, 2.75) is 0 Å². The summed E-state index contributed by atoms with van der Waals surface area (Å²) in [6.07, 6.45) is 0. The standard InChI is InChI=1S/C9H13N3OS/c10-12-5-3-11(4-6-12)9(13)8-2-1-7-14-8/h1-2,7H,3-6,10H2. The Kier molecular flexibility index (Phi) is 2.81. The third-order valence-corrected chi connectivity index (χ3v) is 3.19. The molecule has 0 bridgehead atoms. The predicted octanol–water partition coefficient (Wildman–Crippen LogP) is 0.380. The summed E-state index contributed by atoms with van der Waals surface area (Å²) in [4.78, 5) is 14.5. The molecule has 1 fully saturated rings. The second kappa shape index (κ2) is 4.08. The Morgan fingerprint density at radius 2 is 2.07 bits per heavy atom. The van der Waals surface area contributed by atoms with Crippen molar-refractivity contribution < 1.29 is 4.79 Å². The minimum atomic E-state index is 0.133. The molecule has 2 rings (SSSR count). The number of carbonyl (C=O) groups is 1. The zero-order valence-corrected chi connectivity index (χ0v) is 8.67. The summed E-state index contributed by atoms with van der Waals surface area (Å²) in [6.45, 7) is 2.98. The highest BCUT2D eigenvalue weighted by molar-refractivity contribution is 7.12. The van der Waals surface area contributed by atoms with Gasteiger partial charge in [-0.2, -0.15) is 0 Å². The van der Waals surface area contributed by atoms with Crippen LogP contribution in [0.2, 0.25) is 0 Å². The van der Waals surface area contributed by atoms with Gasteiger partial charge in [-0.15, -0.1) is 11.3 Å². The second-order valence-electron chi connectivity index (χ2n) is 3.31. The largest absolute Gasteiger partial charge is 0.335 e. The highest BCUT2D eigenvalue weighted by atomic mass is 32.1. The van der Waals surface area contributed by atoms with Crippen LogP contribution in [-0.4, -0.2) is 42.0 Å². The molecule has 1 aliphatic rings. The first-order chi connectivity index (χ1) is 6.77. The molecule has 0 spiro atoms. The van der Waals surface area contributed by atoms with Crippen molar-refractivity contribution in [2.75, 3.05) is 26.2 Å². The molecule has 5 heteroatoms. The zero-order valence-electron chi connectivity index (χ0n) is 7.85. The van der Waals surface area contributed by atoms with Crippen LogP contribution in [0, 0.1) is 0 Å². The first-order valence-corrected chi connectivity index (χ1v) is 5.48. The Morgan fingerprint density at radius 1 is 1.36 bits per heavy atom. The van der Waals surface area contributed by atoms with Gasteiger partial charge in [-0.3, -0.25) is 10.6 Å². The van der Waals surface area contributed by atoms with E-state index >= 15 is 0 Å². The average Bonchev–Trinajstić information content (AvgIpc) is 2.71. The van der Waals surface area contributed by atoms with Gasteiger partial charge in [0.1, 0.15) is 0 Å². The average molecular weight is 211 g/mol. The van der Waals surface area contributed by atoms with Gasteiger partial charge in [0.05, 0.1) is 4.88 Å². The second-order valence-corrected chi connectivity index (χ2v) is 4.25. The van der Waals surface area contributed by atoms with E-state index < -0.39 is 0 Å². The molecule has 0 atom stereocenters. The van der Waals surface area contributed by atoms with Gasteiger partial charge in [0.15, 0.2) is 0 Å². The lowest BCUT2D eigenvalue weighted by Crippen LogP contribution is -2.51. The van der Waals surface area contributed by atoms with Crippen molar-refractivity contribution in [1.82, 2.24) is 9.91 Å². The minimum absolute atomic E-state index is 0.133. The summed E-state index contributed by atoms with van der Waals surface area (Å²) in [6, 6.07) is 3.76. The van der Waals surface area contributed by atoms with Crippen LogP contribution in [0.25, 0.3) is 0 Å². The normalized spacial score (nSPS) is 18.5. The number of piperazine rings is 1. The van der Waals surface area contributed by atoms with Gasteiger partial charge in [-0.1, -0.05) is 6.07 Å². The molecule has 14 heavy (non-hydrogen) atoms. The Balaban J connectivity index is 1.99. The van der Waals surface area contributed by atoms with Crippen molar-refractivity contribution >= 4 is 17.2 Å². The molecule has 1 aromatic heterocycles. The van der Waals surface area contributed by atoms with E-state index in [1.807, 2.05) is 22.4 Å². The van der Waals surface area contributed by atoms with E-state index in [9.17, 15) is 4.79 Å². The van der Waals surface area contributed by atoms with Gasteiger partial charge >= 0.3 is 0 Å². The van der Waals surface area contributed by atoms with Crippen LogP contribution < -0.4 is 5.84 Å². The van der Waals surface area contributed by atoms with E-state index in [4.69, 9.17) is 5.84 Å². The van der Waals surface area contributed by atoms with Crippen molar-refractivity contribution in [1.29, 1.82) is 0 Å². The first-order valence-electron chi connectivity index (χ1n) is 4.60. The van der Waals surface area contributed by atoms with Crippen LogP contribution in [0.15, 0.2) is 17.5 Å². The minimum Gasteiger partial charge on any atom is -0.335 e. The molecule has 0 radical (unpaired) electrons. The lowest BCUT2D eigenvalue weighted by molar-refractivity contribution is 0.0643. The van der Waals surface area contributed by atoms with Gasteiger partial charge in [0, 0.05) is 26.2 Å². The zero-order chi connectivity index (χ0) is 9.97. The van der Waals surface area contributed by atoms with E-state index in [1.54, 1.807) is 5.01 Å². The smallest absolute Gasteiger partial charge is 0.264 e. The number of hydrogen-bond donors (Lipinski definition) is 1. The Labute approximate surface area is 86.9 Å². The Bertz CT molecular complexity index is 304. The molecule has 0 saturated carbocycles. The highest BCUT2D eigenvalue weighted by Gasteiger charge is 2.20. The summed E-state index contributed by atoms with van der Waals surface area (Å²) < 4.78 is 0. The molecule has 0 unspecified atom stereocenters. The lowest BCUT2D eigenvalue weighted by Gasteiger charge is -2.31. The maximum absolute atomic E-state index is 11.8. The molecule has 0 aliphatic carbocycles. The molecular weight excluding hydrogens is 198 g/mol. The number of nitrogens with two attached hydrogens (primary N) is 1. The monoisotopic (exact) mass is 211 g/mol. The number of amides is 1. The summed E-state index contributed by atoms with van der Waals surface area (Å²) in [5.74, 6) is 5.75.